The molecular formula is C7H13NO6. The molecule has 1 rings (SSSR count). The number of aliphatic hydroxyl groups is 4. The van der Waals surface area contributed by atoms with Gasteiger partial charge < -0.3 is 25.5 Å². The number of carbonyl (C=O) groups is 1. The van der Waals surface area contributed by atoms with Crippen molar-refractivity contribution in [3.05, 3.63) is 0 Å². The SMILES string of the molecule is O=C(O)[C@H]1N[C@H](CO)[C@H](O)[C@H](O)[C@H]1O. The van der Waals surface area contributed by atoms with Crippen molar-refractivity contribution in [1.29, 1.82) is 0 Å². The van der Waals surface area contributed by atoms with Crippen molar-refractivity contribution in [3.8, 4) is 0 Å². The zero-order valence-electron chi connectivity index (χ0n) is 7.24. The van der Waals surface area contributed by atoms with Gasteiger partial charge in [0.05, 0.1) is 12.6 Å². The fraction of sp³-hybridized carbons (Fsp3) is 0.857. The van der Waals surface area contributed by atoms with Crippen LogP contribution < -0.4 is 5.32 Å². The molecule has 14 heavy (non-hydrogen) atoms. The topological polar surface area (TPSA) is 130 Å². The molecule has 7 nitrogen and oxygen atoms in total. The summed E-state index contributed by atoms with van der Waals surface area (Å²) < 4.78 is 0. The van der Waals surface area contributed by atoms with E-state index in [0.29, 0.717) is 0 Å². The third-order valence-electron chi connectivity index (χ3n) is 2.31. The van der Waals surface area contributed by atoms with Gasteiger partial charge in [-0.3, -0.25) is 10.1 Å². The maximum absolute atomic E-state index is 10.6. The van der Waals surface area contributed by atoms with Crippen molar-refractivity contribution in [2.75, 3.05) is 6.61 Å². The second-order valence-electron chi connectivity index (χ2n) is 3.24. The van der Waals surface area contributed by atoms with E-state index in [1.807, 2.05) is 0 Å². The van der Waals surface area contributed by atoms with Crippen LogP contribution in [0.3, 0.4) is 0 Å². The van der Waals surface area contributed by atoms with Gasteiger partial charge in [0.25, 0.3) is 0 Å². The van der Waals surface area contributed by atoms with Crippen LogP contribution in [-0.2, 0) is 4.79 Å². The smallest absolute Gasteiger partial charge is 0.323 e. The molecule has 0 aliphatic carbocycles. The highest BCUT2D eigenvalue weighted by Crippen LogP contribution is 2.15. The van der Waals surface area contributed by atoms with Gasteiger partial charge in [0.2, 0.25) is 0 Å². The van der Waals surface area contributed by atoms with Crippen LogP contribution in [0.5, 0.6) is 0 Å². The second kappa shape index (κ2) is 4.20. The van der Waals surface area contributed by atoms with Crippen molar-refractivity contribution in [2.24, 2.45) is 0 Å². The van der Waals surface area contributed by atoms with Gasteiger partial charge in [0.15, 0.2) is 0 Å². The molecule has 1 saturated heterocycles. The maximum atomic E-state index is 10.6. The highest BCUT2D eigenvalue weighted by atomic mass is 16.4. The molecular weight excluding hydrogens is 194 g/mol. The van der Waals surface area contributed by atoms with E-state index in [1.54, 1.807) is 0 Å². The standard InChI is InChI=1S/C7H13NO6/c9-1-2-4(10)6(12)5(11)3(8-2)7(13)14/h2-6,8-12H,1H2,(H,13,14)/t2-,3+,4+,5+,6+/m1/s1. The summed E-state index contributed by atoms with van der Waals surface area (Å²) in [5, 5.41) is 47.5. The van der Waals surface area contributed by atoms with E-state index in [1.165, 1.54) is 0 Å². The van der Waals surface area contributed by atoms with Gasteiger partial charge in [0, 0.05) is 0 Å². The van der Waals surface area contributed by atoms with Crippen molar-refractivity contribution in [1.82, 2.24) is 5.32 Å². The minimum absolute atomic E-state index is 0.519. The lowest BCUT2D eigenvalue weighted by Gasteiger charge is -2.38. The average Bonchev–Trinajstić information content (AvgIpc) is 2.14. The molecule has 0 unspecified atom stereocenters. The molecule has 0 aromatic carbocycles. The summed E-state index contributed by atoms with van der Waals surface area (Å²) >= 11 is 0. The molecule has 0 spiro atoms. The Morgan fingerprint density at radius 2 is 1.71 bits per heavy atom. The van der Waals surface area contributed by atoms with Crippen LogP contribution >= 0.6 is 0 Å². The third kappa shape index (κ3) is 1.86. The zero-order valence-corrected chi connectivity index (χ0v) is 7.24. The minimum atomic E-state index is -1.59. The van der Waals surface area contributed by atoms with E-state index in [-0.39, 0.29) is 0 Å². The molecule has 7 heteroatoms. The quantitative estimate of drug-likeness (QED) is 0.277. The number of nitrogens with one attached hydrogen (secondary N) is 1. The molecule has 6 N–H and O–H groups in total. The Balaban J connectivity index is 2.78. The summed E-state index contributed by atoms with van der Waals surface area (Å²) in [7, 11) is 0. The summed E-state index contributed by atoms with van der Waals surface area (Å²) in [4.78, 5) is 10.6. The molecule has 0 saturated carbocycles. The van der Waals surface area contributed by atoms with E-state index in [2.05, 4.69) is 5.32 Å². The fourth-order valence-corrected chi connectivity index (χ4v) is 1.44. The van der Waals surface area contributed by atoms with E-state index in [4.69, 9.17) is 10.2 Å². The van der Waals surface area contributed by atoms with Crippen LogP contribution in [-0.4, -0.2) is 68.5 Å². The van der Waals surface area contributed by atoms with Crippen LogP contribution in [0.1, 0.15) is 0 Å². The first-order valence-corrected chi connectivity index (χ1v) is 4.13. The first-order chi connectivity index (χ1) is 6.49. The van der Waals surface area contributed by atoms with Crippen LogP contribution in [0.25, 0.3) is 0 Å². The van der Waals surface area contributed by atoms with Gasteiger partial charge in [-0.25, -0.2) is 0 Å². The Labute approximate surface area is 79.6 Å². The van der Waals surface area contributed by atoms with Crippen molar-refractivity contribution in [2.45, 2.75) is 30.4 Å². The second-order valence-corrected chi connectivity index (χ2v) is 3.24. The predicted octanol–water partition coefficient (Wildman–Crippen LogP) is -3.51. The monoisotopic (exact) mass is 207 g/mol. The lowest BCUT2D eigenvalue weighted by molar-refractivity contribution is -0.158. The molecule has 82 valence electrons. The third-order valence-corrected chi connectivity index (χ3v) is 2.31. The minimum Gasteiger partial charge on any atom is -0.480 e. The van der Waals surface area contributed by atoms with Gasteiger partial charge in [-0.05, 0) is 0 Å². The van der Waals surface area contributed by atoms with E-state index < -0.39 is 43.0 Å². The first-order valence-electron chi connectivity index (χ1n) is 4.13. The van der Waals surface area contributed by atoms with E-state index >= 15 is 0 Å². The number of hydrogen-bond acceptors (Lipinski definition) is 6. The van der Waals surface area contributed by atoms with E-state index in [9.17, 15) is 20.1 Å². The lowest BCUT2D eigenvalue weighted by Crippen LogP contribution is -2.67. The summed E-state index contributed by atoms with van der Waals surface area (Å²) in [6.07, 6.45) is -4.55. The van der Waals surface area contributed by atoms with Crippen LogP contribution in [0, 0.1) is 0 Å². The first kappa shape index (κ1) is 11.3. The van der Waals surface area contributed by atoms with Gasteiger partial charge in [-0.1, -0.05) is 0 Å². The average molecular weight is 207 g/mol. The van der Waals surface area contributed by atoms with Gasteiger partial charge in [0.1, 0.15) is 24.4 Å². The van der Waals surface area contributed by atoms with Crippen LogP contribution in [0.4, 0.5) is 0 Å². The van der Waals surface area contributed by atoms with Crippen molar-refractivity contribution < 1.29 is 30.3 Å². The normalized spacial score (nSPS) is 43.6. The Morgan fingerprint density at radius 1 is 1.14 bits per heavy atom. The Morgan fingerprint density at radius 3 is 2.14 bits per heavy atom. The van der Waals surface area contributed by atoms with Crippen molar-refractivity contribution in [3.63, 3.8) is 0 Å². The number of carboxylic acids is 1. The molecule has 1 heterocycles. The summed E-state index contributed by atoms with van der Waals surface area (Å²) in [5.41, 5.74) is 0. The molecule has 0 aromatic rings. The summed E-state index contributed by atoms with van der Waals surface area (Å²) in [6.45, 7) is -0.519. The number of rotatable bonds is 2. The van der Waals surface area contributed by atoms with Crippen LogP contribution in [0.2, 0.25) is 0 Å². The molecule has 1 aliphatic rings. The molecule has 1 aliphatic heterocycles. The molecule has 0 bridgehead atoms. The van der Waals surface area contributed by atoms with Gasteiger partial charge >= 0.3 is 5.97 Å². The maximum Gasteiger partial charge on any atom is 0.323 e. The zero-order chi connectivity index (χ0) is 10.9. The number of aliphatic carboxylic acids is 1. The molecule has 5 atom stereocenters. The summed E-state index contributed by atoms with van der Waals surface area (Å²) in [5.74, 6) is -1.35. The Hall–Kier alpha value is -0.730. The molecule has 0 aromatic heterocycles. The van der Waals surface area contributed by atoms with Crippen LogP contribution in [0.15, 0.2) is 0 Å². The highest BCUT2D eigenvalue weighted by molar-refractivity contribution is 5.74. The van der Waals surface area contributed by atoms with E-state index in [0.717, 1.165) is 0 Å². The molecule has 0 radical (unpaired) electrons. The van der Waals surface area contributed by atoms with Gasteiger partial charge in [-0.2, -0.15) is 0 Å². The summed E-state index contributed by atoms with van der Waals surface area (Å²) in [6, 6.07) is -2.33. The number of carboxylic acid groups (broad SMARTS) is 1. The number of piperidine rings is 1. The lowest BCUT2D eigenvalue weighted by atomic mass is 9.90. The largest absolute Gasteiger partial charge is 0.480 e. The highest BCUT2D eigenvalue weighted by Gasteiger charge is 2.44. The molecule has 1 fully saturated rings. The number of aliphatic hydroxyl groups excluding tert-OH is 4. The Kier molecular flexibility index (Phi) is 3.40. The Bertz CT molecular complexity index is 220. The molecule has 0 amide bonds. The fourth-order valence-electron chi connectivity index (χ4n) is 1.44. The van der Waals surface area contributed by atoms with Gasteiger partial charge in [-0.15, -0.1) is 0 Å². The predicted molar refractivity (Wildman–Crippen MR) is 43.5 cm³/mol. The number of hydrogen-bond donors (Lipinski definition) is 6. The van der Waals surface area contributed by atoms with Crippen molar-refractivity contribution >= 4 is 5.97 Å².